The Hall–Kier alpha value is -2.60. The summed E-state index contributed by atoms with van der Waals surface area (Å²) in [6, 6.07) is 20.2. The van der Waals surface area contributed by atoms with Crippen LogP contribution in [-0.4, -0.2) is 39.8 Å². The molecule has 2 heterocycles. The van der Waals surface area contributed by atoms with E-state index in [9.17, 15) is 4.79 Å². The summed E-state index contributed by atoms with van der Waals surface area (Å²) in [6.07, 6.45) is 3.22. The van der Waals surface area contributed by atoms with Gasteiger partial charge < -0.3 is 9.32 Å². The molecule has 1 aliphatic heterocycles. The lowest BCUT2D eigenvalue weighted by molar-refractivity contribution is -0.129. The summed E-state index contributed by atoms with van der Waals surface area (Å²) >= 11 is 1.31. The Morgan fingerprint density at radius 2 is 1.68 bits per heavy atom. The second-order valence-corrected chi connectivity index (χ2v) is 7.97. The summed E-state index contributed by atoms with van der Waals surface area (Å²) in [7, 11) is 0. The Balaban J connectivity index is 1.23. The largest absolute Gasteiger partial charge is 0.411 e. The monoisotopic (exact) mass is 393 g/mol. The van der Waals surface area contributed by atoms with E-state index in [-0.39, 0.29) is 5.91 Å². The lowest BCUT2D eigenvalue weighted by atomic mass is 9.90. The summed E-state index contributed by atoms with van der Waals surface area (Å²) in [5.41, 5.74) is 2.27. The first-order valence-electron chi connectivity index (χ1n) is 9.61. The second-order valence-electron chi connectivity index (χ2n) is 7.04. The van der Waals surface area contributed by atoms with Crippen LogP contribution in [0.4, 0.5) is 0 Å². The maximum Gasteiger partial charge on any atom is 0.277 e. The van der Waals surface area contributed by atoms with E-state index in [1.54, 1.807) is 0 Å². The van der Waals surface area contributed by atoms with Crippen molar-refractivity contribution in [3.05, 3.63) is 66.2 Å². The number of carbonyl (C=O) groups is 1. The number of hydrogen-bond donors (Lipinski definition) is 0. The summed E-state index contributed by atoms with van der Waals surface area (Å²) < 4.78 is 5.66. The number of rotatable bonds is 6. The average Bonchev–Trinajstić information content (AvgIpc) is 3.23. The highest BCUT2D eigenvalue weighted by atomic mass is 32.2. The van der Waals surface area contributed by atoms with Gasteiger partial charge in [-0.05, 0) is 42.9 Å². The summed E-state index contributed by atoms with van der Waals surface area (Å²) in [4.78, 5) is 14.5. The van der Waals surface area contributed by atoms with Crippen LogP contribution < -0.4 is 0 Å². The van der Waals surface area contributed by atoms with Gasteiger partial charge in [0.05, 0.1) is 5.75 Å². The molecule has 28 heavy (non-hydrogen) atoms. The molecule has 0 atom stereocenters. The first-order chi connectivity index (χ1) is 13.8. The molecule has 4 rings (SSSR count). The van der Waals surface area contributed by atoms with Gasteiger partial charge in [-0.25, -0.2) is 0 Å². The minimum atomic E-state index is 0.141. The molecular weight excluding hydrogens is 370 g/mol. The van der Waals surface area contributed by atoms with Gasteiger partial charge in [-0.15, -0.1) is 10.2 Å². The predicted molar refractivity (Wildman–Crippen MR) is 110 cm³/mol. The van der Waals surface area contributed by atoms with E-state index >= 15 is 0 Å². The van der Waals surface area contributed by atoms with E-state index in [1.807, 2.05) is 35.2 Å². The Bertz CT molecular complexity index is 890. The molecule has 0 radical (unpaired) electrons. The van der Waals surface area contributed by atoms with Crippen LogP contribution in [0, 0.1) is 5.92 Å². The number of benzene rings is 2. The first-order valence-corrected chi connectivity index (χ1v) is 10.6. The summed E-state index contributed by atoms with van der Waals surface area (Å²) in [6.45, 7) is 1.66. The highest BCUT2D eigenvalue weighted by molar-refractivity contribution is 7.99. The zero-order valence-electron chi connectivity index (χ0n) is 15.7. The Morgan fingerprint density at radius 3 is 2.39 bits per heavy atom. The maximum absolute atomic E-state index is 12.5. The maximum atomic E-state index is 12.5. The first kappa shape index (κ1) is 18.7. The molecule has 144 valence electrons. The van der Waals surface area contributed by atoms with Crippen LogP contribution in [-0.2, 0) is 11.2 Å². The van der Waals surface area contributed by atoms with Crippen LogP contribution in [0.5, 0.6) is 0 Å². The molecule has 0 aliphatic carbocycles. The molecule has 1 aromatic heterocycles. The molecule has 0 spiro atoms. The van der Waals surface area contributed by atoms with E-state index in [4.69, 9.17) is 4.42 Å². The fourth-order valence-corrected chi connectivity index (χ4v) is 4.18. The topological polar surface area (TPSA) is 59.2 Å². The van der Waals surface area contributed by atoms with E-state index in [2.05, 4.69) is 40.5 Å². The van der Waals surface area contributed by atoms with Crippen molar-refractivity contribution in [3.63, 3.8) is 0 Å². The van der Waals surface area contributed by atoms with Gasteiger partial charge in [0, 0.05) is 18.7 Å². The zero-order chi connectivity index (χ0) is 19.2. The smallest absolute Gasteiger partial charge is 0.277 e. The van der Waals surface area contributed by atoms with E-state index in [1.165, 1.54) is 17.3 Å². The van der Waals surface area contributed by atoms with Crippen LogP contribution in [0.25, 0.3) is 11.5 Å². The third-order valence-corrected chi connectivity index (χ3v) is 5.88. The number of piperidine rings is 1. The molecule has 0 saturated carbocycles. The van der Waals surface area contributed by atoms with Gasteiger partial charge in [0.15, 0.2) is 0 Å². The van der Waals surface area contributed by atoms with Gasteiger partial charge in [-0.1, -0.05) is 60.3 Å². The van der Waals surface area contributed by atoms with Crippen molar-refractivity contribution in [2.24, 2.45) is 5.92 Å². The minimum absolute atomic E-state index is 0.141. The van der Waals surface area contributed by atoms with E-state index < -0.39 is 0 Å². The number of thioether (sulfide) groups is 1. The Kier molecular flexibility index (Phi) is 6.07. The Morgan fingerprint density at radius 1 is 1.00 bits per heavy atom. The third kappa shape index (κ3) is 4.81. The van der Waals surface area contributed by atoms with Gasteiger partial charge >= 0.3 is 0 Å². The van der Waals surface area contributed by atoms with Crippen molar-refractivity contribution in [2.75, 3.05) is 18.8 Å². The number of carbonyl (C=O) groups excluding carboxylic acids is 1. The van der Waals surface area contributed by atoms with Crippen LogP contribution in [0.1, 0.15) is 18.4 Å². The van der Waals surface area contributed by atoms with Crippen LogP contribution >= 0.6 is 11.8 Å². The molecule has 3 aromatic rings. The van der Waals surface area contributed by atoms with Crippen molar-refractivity contribution in [1.29, 1.82) is 0 Å². The van der Waals surface area contributed by atoms with Gasteiger partial charge in [0.25, 0.3) is 5.22 Å². The zero-order valence-corrected chi connectivity index (χ0v) is 16.5. The highest BCUT2D eigenvalue weighted by Crippen LogP contribution is 2.25. The van der Waals surface area contributed by atoms with Crippen molar-refractivity contribution in [1.82, 2.24) is 15.1 Å². The lowest BCUT2D eigenvalue weighted by Crippen LogP contribution is -2.39. The lowest BCUT2D eigenvalue weighted by Gasteiger charge is -2.32. The van der Waals surface area contributed by atoms with Crippen molar-refractivity contribution < 1.29 is 9.21 Å². The number of aromatic nitrogens is 2. The molecule has 1 amide bonds. The van der Waals surface area contributed by atoms with Crippen molar-refractivity contribution in [2.45, 2.75) is 24.5 Å². The van der Waals surface area contributed by atoms with Crippen LogP contribution in [0.2, 0.25) is 0 Å². The summed E-state index contributed by atoms with van der Waals surface area (Å²) in [5.74, 6) is 1.61. The molecule has 1 saturated heterocycles. The summed E-state index contributed by atoms with van der Waals surface area (Å²) in [5, 5.41) is 8.54. The van der Waals surface area contributed by atoms with Crippen molar-refractivity contribution in [3.8, 4) is 11.5 Å². The average molecular weight is 394 g/mol. The molecule has 6 heteroatoms. The van der Waals surface area contributed by atoms with Gasteiger partial charge in [0.1, 0.15) is 0 Å². The van der Waals surface area contributed by atoms with Gasteiger partial charge in [0.2, 0.25) is 11.8 Å². The SMILES string of the molecule is O=C(CSc1nnc(-c2ccccc2)o1)N1CCC(Cc2ccccc2)CC1. The standard InChI is InChI=1S/C22H23N3O2S/c26-20(16-28-22-24-23-21(27-22)19-9-5-2-6-10-19)25-13-11-18(12-14-25)15-17-7-3-1-4-8-17/h1-10,18H,11-16H2. The van der Waals surface area contributed by atoms with Gasteiger partial charge in [-0.2, -0.15) is 0 Å². The highest BCUT2D eigenvalue weighted by Gasteiger charge is 2.23. The molecule has 5 nitrogen and oxygen atoms in total. The second kappa shape index (κ2) is 9.06. The number of amides is 1. The van der Waals surface area contributed by atoms with Crippen LogP contribution in [0.3, 0.4) is 0 Å². The third-order valence-electron chi connectivity index (χ3n) is 5.08. The predicted octanol–water partition coefficient (Wildman–Crippen LogP) is 4.31. The normalized spacial score (nSPS) is 14.9. The Labute approximate surface area is 169 Å². The number of hydrogen-bond acceptors (Lipinski definition) is 5. The molecule has 2 aromatic carbocycles. The fraction of sp³-hybridized carbons (Fsp3) is 0.318. The molecule has 0 bridgehead atoms. The van der Waals surface area contributed by atoms with E-state index in [0.717, 1.165) is 37.9 Å². The van der Waals surface area contributed by atoms with Gasteiger partial charge in [-0.3, -0.25) is 4.79 Å². The minimum Gasteiger partial charge on any atom is -0.411 e. The van der Waals surface area contributed by atoms with Crippen LogP contribution in [0.15, 0.2) is 70.3 Å². The molecular formula is C22H23N3O2S. The number of likely N-dealkylation sites (tertiary alicyclic amines) is 1. The molecule has 0 unspecified atom stereocenters. The van der Waals surface area contributed by atoms with E-state index in [0.29, 0.717) is 22.8 Å². The quantitative estimate of drug-likeness (QED) is 0.584. The fourth-order valence-electron chi connectivity index (χ4n) is 3.51. The van der Waals surface area contributed by atoms with Crippen molar-refractivity contribution >= 4 is 17.7 Å². The molecule has 0 N–H and O–H groups in total. The number of nitrogens with zero attached hydrogens (tertiary/aromatic N) is 3. The molecule has 1 fully saturated rings. The molecule has 1 aliphatic rings.